The molecule has 0 heterocycles. The zero-order chi connectivity index (χ0) is 11.4. The van der Waals surface area contributed by atoms with Crippen molar-refractivity contribution in [2.24, 2.45) is 0 Å². The second-order valence-electron chi connectivity index (χ2n) is 2.72. The van der Waals surface area contributed by atoms with Crippen molar-refractivity contribution >= 4 is 5.97 Å². The molecule has 0 aliphatic carbocycles. The van der Waals surface area contributed by atoms with Gasteiger partial charge >= 0.3 is 24.8 Å². The number of methoxy groups -OCH3 is 3. The van der Waals surface area contributed by atoms with E-state index in [2.05, 4.69) is 0 Å². The van der Waals surface area contributed by atoms with E-state index in [-0.39, 0.29) is 25.9 Å². The normalized spacial score (nSPS) is 8.94. The zero-order valence-electron chi connectivity index (χ0n) is 10.7. The number of benzene rings is 1. The zero-order valence-corrected chi connectivity index (χ0v) is 9.73. The van der Waals surface area contributed by atoms with Gasteiger partial charge in [0.15, 0.2) is 11.5 Å². The van der Waals surface area contributed by atoms with Gasteiger partial charge in [-0.05, 0) is 12.1 Å². The van der Waals surface area contributed by atoms with E-state index < -0.39 is 5.97 Å². The van der Waals surface area contributed by atoms with Gasteiger partial charge in [-0.3, -0.25) is 0 Å². The minimum atomic E-state index is -1.05. The van der Waals surface area contributed by atoms with Crippen molar-refractivity contribution in [2.45, 2.75) is 0 Å². The number of hydrogen-bond acceptors (Lipinski definition) is 4. The SMILES string of the molecule is COc1cc(C(=O)O)cc(OC)c1OC.[H-].[Li+]. The minimum Gasteiger partial charge on any atom is -1.00 e. The van der Waals surface area contributed by atoms with E-state index in [1.807, 2.05) is 0 Å². The van der Waals surface area contributed by atoms with Crippen LogP contribution in [-0.2, 0) is 0 Å². The largest absolute Gasteiger partial charge is 1.00 e. The first-order chi connectivity index (χ1) is 7.13. The first kappa shape index (κ1) is 14.7. The molecule has 0 unspecified atom stereocenters. The first-order valence-corrected chi connectivity index (χ1v) is 4.17. The topological polar surface area (TPSA) is 65.0 Å². The summed E-state index contributed by atoms with van der Waals surface area (Å²) in [4.78, 5) is 10.8. The number of carbonyl (C=O) groups is 1. The average molecular weight is 220 g/mol. The fraction of sp³-hybridized carbons (Fsp3) is 0.300. The van der Waals surface area contributed by atoms with Crippen molar-refractivity contribution in [3.8, 4) is 17.2 Å². The van der Waals surface area contributed by atoms with Gasteiger partial charge in [0.2, 0.25) is 5.75 Å². The van der Waals surface area contributed by atoms with Crippen molar-refractivity contribution in [1.82, 2.24) is 0 Å². The summed E-state index contributed by atoms with van der Waals surface area (Å²) in [5.74, 6) is -0.0113. The summed E-state index contributed by atoms with van der Waals surface area (Å²) in [7, 11) is 4.33. The summed E-state index contributed by atoms with van der Waals surface area (Å²) >= 11 is 0. The third kappa shape index (κ3) is 2.84. The number of carboxylic acids is 1. The van der Waals surface area contributed by atoms with Gasteiger partial charge in [0.05, 0.1) is 26.9 Å². The fourth-order valence-corrected chi connectivity index (χ4v) is 1.20. The van der Waals surface area contributed by atoms with Crippen LogP contribution in [0.3, 0.4) is 0 Å². The third-order valence-electron chi connectivity index (χ3n) is 1.91. The maximum Gasteiger partial charge on any atom is 1.00 e. The van der Waals surface area contributed by atoms with Gasteiger partial charge in [-0.25, -0.2) is 4.79 Å². The second-order valence-corrected chi connectivity index (χ2v) is 2.72. The maximum atomic E-state index is 10.8. The van der Waals surface area contributed by atoms with E-state index >= 15 is 0 Å². The Hall–Kier alpha value is -1.31. The number of carboxylic acid groups (broad SMARTS) is 1. The molecule has 5 nitrogen and oxygen atoms in total. The van der Waals surface area contributed by atoms with Crippen molar-refractivity contribution in [1.29, 1.82) is 0 Å². The molecule has 6 heteroatoms. The van der Waals surface area contributed by atoms with Crippen LogP contribution in [0.15, 0.2) is 12.1 Å². The smallest absolute Gasteiger partial charge is 1.00 e. The summed E-state index contributed by atoms with van der Waals surface area (Å²) in [6.45, 7) is 0. The Balaban J connectivity index is 0. The molecule has 0 saturated carbocycles. The fourth-order valence-electron chi connectivity index (χ4n) is 1.20. The van der Waals surface area contributed by atoms with Crippen molar-refractivity contribution in [2.75, 3.05) is 21.3 Å². The molecule has 0 radical (unpaired) electrons. The average Bonchev–Trinajstić information content (AvgIpc) is 2.26. The maximum absolute atomic E-state index is 10.8. The van der Waals surface area contributed by atoms with Gasteiger partial charge in [-0.1, -0.05) is 0 Å². The van der Waals surface area contributed by atoms with Crippen LogP contribution in [0.25, 0.3) is 0 Å². The molecule has 0 aliphatic rings. The summed E-state index contributed by atoms with van der Waals surface area (Å²) in [6, 6.07) is 2.76. The molecule has 0 spiro atoms. The Bertz CT molecular complexity index is 358. The quantitative estimate of drug-likeness (QED) is 0.627. The standard InChI is InChI=1S/C10H12O5.Li.H/c1-13-7-4-6(10(11)12)5-8(14-2)9(7)15-3;;/h4-5H,1-3H3,(H,11,12);;/q;+1;-1. The number of aromatic carboxylic acids is 1. The van der Waals surface area contributed by atoms with E-state index in [1.54, 1.807) is 0 Å². The van der Waals surface area contributed by atoms with E-state index in [4.69, 9.17) is 19.3 Å². The molecule has 0 atom stereocenters. The van der Waals surface area contributed by atoms with Gasteiger partial charge in [-0.2, -0.15) is 0 Å². The van der Waals surface area contributed by atoms with Crippen LogP contribution < -0.4 is 33.1 Å². The minimum absolute atomic E-state index is 0. The Morgan fingerprint density at radius 2 is 1.56 bits per heavy atom. The van der Waals surface area contributed by atoms with Crippen molar-refractivity contribution in [3.05, 3.63) is 17.7 Å². The van der Waals surface area contributed by atoms with Gasteiger partial charge in [0.25, 0.3) is 0 Å². The molecular formula is C10H13LiO5. The van der Waals surface area contributed by atoms with Gasteiger partial charge in [0, 0.05) is 0 Å². The van der Waals surface area contributed by atoms with Crippen LogP contribution in [0.1, 0.15) is 11.8 Å². The van der Waals surface area contributed by atoms with E-state index in [0.717, 1.165) is 0 Å². The molecule has 1 aromatic rings. The Morgan fingerprint density at radius 1 is 1.12 bits per heavy atom. The molecule has 1 aromatic carbocycles. The van der Waals surface area contributed by atoms with Crippen LogP contribution in [0, 0.1) is 0 Å². The summed E-state index contributed by atoms with van der Waals surface area (Å²) in [6.07, 6.45) is 0. The molecule has 0 aromatic heterocycles. The third-order valence-corrected chi connectivity index (χ3v) is 1.91. The molecule has 0 amide bonds. The van der Waals surface area contributed by atoms with E-state index in [9.17, 15) is 4.79 Å². The molecule has 0 fully saturated rings. The number of ether oxygens (including phenoxy) is 3. The second kappa shape index (κ2) is 6.31. The van der Waals surface area contributed by atoms with Crippen molar-refractivity contribution < 1.29 is 44.4 Å². The predicted octanol–water partition coefficient (Wildman–Crippen LogP) is -1.47. The van der Waals surface area contributed by atoms with Gasteiger partial charge in [0.1, 0.15) is 0 Å². The molecule has 0 aliphatic heterocycles. The Morgan fingerprint density at radius 3 is 1.81 bits per heavy atom. The monoisotopic (exact) mass is 220 g/mol. The number of rotatable bonds is 4. The molecule has 0 bridgehead atoms. The molecule has 0 saturated heterocycles. The molecule has 1 N–H and O–H groups in total. The van der Waals surface area contributed by atoms with E-state index in [1.165, 1.54) is 33.5 Å². The van der Waals surface area contributed by atoms with Crippen LogP contribution >= 0.6 is 0 Å². The van der Waals surface area contributed by atoms with Crippen molar-refractivity contribution in [3.63, 3.8) is 0 Å². The van der Waals surface area contributed by atoms with E-state index in [0.29, 0.717) is 17.2 Å². The van der Waals surface area contributed by atoms with Crippen LogP contribution in [0.5, 0.6) is 17.2 Å². The van der Waals surface area contributed by atoms with Gasteiger partial charge < -0.3 is 20.7 Å². The molecular weight excluding hydrogens is 207 g/mol. The van der Waals surface area contributed by atoms with Crippen LogP contribution in [-0.4, -0.2) is 32.4 Å². The van der Waals surface area contributed by atoms with Gasteiger partial charge in [-0.15, -0.1) is 0 Å². The molecule has 1 rings (SSSR count). The Kier molecular flexibility index (Phi) is 5.79. The van der Waals surface area contributed by atoms with Crippen LogP contribution in [0.2, 0.25) is 0 Å². The molecule has 84 valence electrons. The number of hydrogen-bond donors (Lipinski definition) is 1. The predicted molar refractivity (Wildman–Crippen MR) is 54.2 cm³/mol. The summed E-state index contributed by atoms with van der Waals surface area (Å²) < 4.78 is 15.1. The Labute approximate surface area is 107 Å². The molecule has 16 heavy (non-hydrogen) atoms. The summed E-state index contributed by atoms with van der Waals surface area (Å²) in [5.41, 5.74) is 0.0875. The summed E-state index contributed by atoms with van der Waals surface area (Å²) in [5, 5.41) is 8.84. The van der Waals surface area contributed by atoms with Crippen LogP contribution in [0.4, 0.5) is 0 Å². The first-order valence-electron chi connectivity index (χ1n) is 4.17.